The molecule has 136 valence electrons. The maximum absolute atomic E-state index is 13.3. The average Bonchev–Trinajstić information content (AvgIpc) is 2.77. The molecule has 0 spiro atoms. The number of carbonyl (C=O) groups excluding carboxylic acids is 2. The SMILES string of the molecule is O=C1c2ccc(Br)cc2C(=O)c2cc3c4ccccc4c4ccccc4c3cc21. The highest BCUT2D eigenvalue weighted by atomic mass is 79.9. The third-order valence-electron chi connectivity index (χ3n) is 5.84. The summed E-state index contributed by atoms with van der Waals surface area (Å²) in [6.07, 6.45) is 0. The predicted octanol–water partition coefficient (Wildman–Crippen LogP) is 6.68. The van der Waals surface area contributed by atoms with Crippen molar-refractivity contribution in [3.8, 4) is 0 Å². The maximum atomic E-state index is 13.3. The Morgan fingerprint density at radius 2 is 0.862 bits per heavy atom. The molecule has 0 unspecified atom stereocenters. The summed E-state index contributed by atoms with van der Waals surface area (Å²) in [6.45, 7) is 0. The van der Waals surface area contributed by atoms with E-state index in [1.54, 1.807) is 18.2 Å². The number of hydrogen-bond acceptors (Lipinski definition) is 2. The van der Waals surface area contributed by atoms with Crippen LogP contribution in [0, 0.1) is 0 Å². The van der Waals surface area contributed by atoms with Gasteiger partial charge in [-0.15, -0.1) is 0 Å². The van der Waals surface area contributed by atoms with Crippen LogP contribution in [0.25, 0.3) is 32.3 Å². The number of fused-ring (bicyclic) bond motifs is 8. The zero-order valence-electron chi connectivity index (χ0n) is 15.2. The van der Waals surface area contributed by atoms with Crippen molar-refractivity contribution in [2.75, 3.05) is 0 Å². The van der Waals surface area contributed by atoms with E-state index in [4.69, 9.17) is 0 Å². The third-order valence-corrected chi connectivity index (χ3v) is 6.34. The second-order valence-electron chi connectivity index (χ2n) is 7.38. The Kier molecular flexibility index (Phi) is 3.36. The lowest BCUT2D eigenvalue weighted by atomic mass is 9.81. The Hall–Kier alpha value is -3.30. The molecule has 0 aliphatic heterocycles. The van der Waals surface area contributed by atoms with Crippen molar-refractivity contribution < 1.29 is 9.59 Å². The van der Waals surface area contributed by atoms with Crippen LogP contribution in [0.3, 0.4) is 0 Å². The van der Waals surface area contributed by atoms with Crippen molar-refractivity contribution in [3.05, 3.63) is 106 Å². The Balaban J connectivity index is 1.80. The van der Waals surface area contributed by atoms with Crippen LogP contribution >= 0.6 is 15.9 Å². The first-order chi connectivity index (χ1) is 14.1. The van der Waals surface area contributed by atoms with Gasteiger partial charge in [0.25, 0.3) is 0 Å². The molecule has 0 fully saturated rings. The van der Waals surface area contributed by atoms with E-state index in [9.17, 15) is 9.59 Å². The zero-order valence-corrected chi connectivity index (χ0v) is 16.8. The smallest absolute Gasteiger partial charge is 0.194 e. The fraction of sp³-hybridized carbons (Fsp3) is 0. The molecule has 1 aliphatic rings. The lowest BCUT2D eigenvalue weighted by Gasteiger charge is -2.20. The van der Waals surface area contributed by atoms with E-state index < -0.39 is 0 Å². The second kappa shape index (κ2) is 5.85. The topological polar surface area (TPSA) is 34.1 Å². The molecule has 0 radical (unpaired) electrons. The largest absolute Gasteiger partial charge is 0.289 e. The van der Waals surface area contributed by atoms with Crippen molar-refractivity contribution in [2.24, 2.45) is 0 Å². The maximum Gasteiger partial charge on any atom is 0.194 e. The Labute approximate surface area is 174 Å². The van der Waals surface area contributed by atoms with Gasteiger partial charge in [0.2, 0.25) is 0 Å². The molecule has 0 saturated carbocycles. The molecule has 5 aromatic carbocycles. The standard InChI is InChI=1S/C26H13BrO2/c27-14-9-10-19-22(11-14)26(29)24-13-21-18-8-4-2-6-16(18)15-5-1-3-7-17(15)20(21)12-23(24)25(19)28/h1-13H. The monoisotopic (exact) mass is 436 g/mol. The highest BCUT2D eigenvalue weighted by molar-refractivity contribution is 9.10. The number of carbonyl (C=O) groups is 2. The van der Waals surface area contributed by atoms with Crippen molar-refractivity contribution in [1.82, 2.24) is 0 Å². The minimum atomic E-state index is -0.102. The molecule has 0 N–H and O–H groups in total. The van der Waals surface area contributed by atoms with Crippen molar-refractivity contribution in [1.29, 1.82) is 0 Å². The minimum absolute atomic E-state index is 0.0961. The number of hydrogen-bond donors (Lipinski definition) is 0. The van der Waals surface area contributed by atoms with Crippen LogP contribution in [0.5, 0.6) is 0 Å². The molecule has 3 heteroatoms. The van der Waals surface area contributed by atoms with Crippen LogP contribution < -0.4 is 0 Å². The van der Waals surface area contributed by atoms with Crippen molar-refractivity contribution >= 4 is 59.8 Å². The van der Waals surface area contributed by atoms with Crippen LogP contribution in [0.2, 0.25) is 0 Å². The number of benzene rings is 5. The Bertz CT molecular complexity index is 1550. The van der Waals surface area contributed by atoms with Gasteiger partial charge in [0.1, 0.15) is 0 Å². The highest BCUT2D eigenvalue weighted by Crippen LogP contribution is 2.39. The van der Waals surface area contributed by atoms with Crippen LogP contribution in [-0.4, -0.2) is 11.6 Å². The van der Waals surface area contributed by atoms with E-state index in [0.29, 0.717) is 22.3 Å². The van der Waals surface area contributed by atoms with Gasteiger partial charge in [-0.2, -0.15) is 0 Å². The van der Waals surface area contributed by atoms with E-state index >= 15 is 0 Å². The predicted molar refractivity (Wildman–Crippen MR) is 120 cm³/mol. The van der Waals surface area contributed by atoms with Crippen LogP contribution in [-0.2, 0) is 0 Å². The number of halogens is 1. The minimum Gasteiger partial charge on any atom is -0.289 e. The molecule has 0 heterocycles. The first-order valence-electron chi connectivity index (χ1n) is 9.39. The number of rotatable bonds is 0. The van der Waals surface area contributed by atoms with Gasteiger partial charge < -0.3 is 0 Å². The molecule has 0 aromatic heterocycles. The van der Waals surface area contributed by atoms with Crippen molar-refractivity contribution in [3.63, 3.8) is 0 Å². The molecule has 2 nitrogen and oxygen atoms in total. The first-order valence-corrected chi connectivity index (χ1v) is 10.2. The van der Waals surface area contributed by atoms with Gasteiger partial charge >= 0.3 is 0 Å². The summed E-state index contributed by atoms with van der Waals surface area (Å²) in [7, 11) is 0. The lowest BCUT2D eigenvalue weighted by molar-refractivity contribution is 0.0979. The van der Waals surface area contributed by atoms with Gasteiger partial charge in [0.15, 0.2) is 11.6 Å². The van der Waals surface area contributed by atoms with Gasteiger partial charge in [-0.1, -0.05) is 64.5 Å². The molecule has 0 bridgehead atoms. The molecular formula is C26H13BrO2. The van der Waals surface area contributed by atoms with E-state index in [1.165, 1.54) is 0 Å². The second-order valence-corrected chi connectivity index (χ2v) is 8.30. The molecule has 1 aliphatic carbocycles. The molecular weight excluding hydrogens is 424 g/mol. The molecule has 5 aromatic rings. The summed E-state index contributed by atoms with van der Waals surface area (Å²) in [5, 5.41) is 6.47. The Morgan fingerprint density at radius 3 is 1.38 bits per heavy atom. The summed E-state index contributed by atoms with van der Waals surface area (Å²) >= 11 is 3.41. The highest BCUT2D eigenvalue weighted by Gasteiger charge is 2.30. The van der Waals surface area contributed by atoms with Gasteiger partial charge in [0.05, 0.1) is 0 Å². The normalized spacial score (nSPS) is 13.1. The van der Waals surface area contributed by atoms with Crippen molar-refractivity contribution in [2.45, 2.75) is 0 Å². The van der Waals surface area contributed by atoms with Crippen LogP contribution in [0.1, 0.15) is 31.8 Å². The number of ketones is 2. The van der Waals surface area contributed by atoms with E-state index in [2.05, 4.69) is 40.2 Å². The average molecular weight is 437 g/mol. The Morgan fingerprint density at radius 1 is 0.448 bits per heavy atom. The molecule has 0 atom stereocenters. The van der Waals surface area contributed by atoms with Crippen LogP contribution in [0.4, 0.5) is 0 Å². The zero-order chi connectivity index (χ0) is 19.7. The quantitative estimate of drug-likeness (QED) is 0.248. The van der Waals surface area contributed by atoms with E-state index in [-0.39, 0.29) is 11.6 Å². The van der Waals surface area contributed by atoms with Gasteiger partial charge in [-0.25, -0.2) is 0 Å². The van der Waals surface area contributed by atoms with E-state index in [1.807, 2.05) is 36.4 Å². The fourth-order valence-corrected chi connectivity index (χ4v) is 4.88. The summed E-state index contributed by atoms with van der Waals surface area (Å²) in [6, 6.07) is 25.5. The van der Waals surface area contributed by atoms with Gasteiger partial charge in [-0.3, -0.25) is 9.59 Å². The summed E-state index contributed by atoms with van der Waals surface area (Å²) in [5.74, 6) is -0.198. The van der Waals surface area contributed by atoms with Crippen LogP contribution in [0.15, 0.2) is 83.3 Å². The van der Waals surface area contributed by atoms with Gasteiger partial charge in [0, 0.05) is 26.7 Å². The summed E-state index contributed by atoms with van der Waals surface area (Å²) in [4.78, 5) is 26.5. The van der Waals surface area contributed by atoms with E-state index in [0.717, 1.165) is 36.8 Å². The molecule has 29 heavy (non-hydrogen) atoms. The summed E-state index contributed by atoms with van der Waals surface area (Å²) in [5.41, 5.74) is 1.89. The third kappa shape index (κ3) is 2.22. The molecule has 6 rings (SSSR count). The molecule has 0 amide bonds. The molecule has 0 saturated heterocycles. The lowest BCUT2D eigenvalue weighted by Crippen LogP contribution is -2.20. The summed E-state index contributed by atoms with van der Waals surface area (Å²) < 4.78 is 0.790. The first kappa shape index (κ1) is 16.6. The van der Waals surface area contributed by atoms with Gasteiger partial charge in [-0.05, 0) is 62.6 Å². The fourth-order valence-electron chi connectivity index (χ4n) is 4.52.